The molecule has 0 aliphatic carbocycles. The zero-order chi connectivity index (χ0) is 13.1. The van der Waals surface area contributed by atoms with Crippen molar-refractivity contribution in [2.24, 2.45) is 12.2 Å². The summed E-state index contributed by atoms with van der Waals surface area (Å²) in [5.41, 5.74) is 1.37. The topological polar surface area (TPSA) is 92.4 Å². The lowest BCUT2D eigenvalue weighted by Crippen LogP contribution is -2.16. The molecule has 0 radical (unpaired) electrons. The molecule has 2 rings (SSSR count). The van der Waals surface area contributed by atoms with Crippen molar-refractivity contribution < 1.29 is 10.0 Å². The van der Waals surface area contributed by atoms with Crippen LogP contribution in [0.5, 0.6) is 0 Å². The minimum absolute atomic E-state index is 0.283. The third-order valence-electron chi connectivity index (χ3n) is 2.30. The summed E-state index contributed by atoms with van der Waals surface area (Å²) >= 11 is 1.26. The van der Waals surface area contributed by atoms with Gasteiger partial charge in [-0.25, -0.2) is 4.98 Å². The Bertz CT molecular complexity index is 601. The van der Waals surface area contributed by atoms with Crippen molar-refractivity contribution in [3.05, 3.63) is 29.0 Å². The monoisotopic (exact) mass is 265 g/mol. The molecule has 0 atom stereocenters. The molecule has 0 aliphatic heterocycles. The van der Waals surface area contributed by atoms with Gasteiger partial charge in [0.1, 0.15) is 17.1 Å². The average Bonchev–Trinajstić information content (AvgIpc) is 2.97. The van der Waals surface area contributed by atoms with Crippen LogP contribution in [0.2, 0.25) is 0 Å². The van der Waals surface area contributed by atoms with E-state index in [0.29, 0.717) is 22.2 Å². The van der Waals surface area contributed by atoms with Crippen LogP contribution in [0.1, 0.15) is 23.1 Å². The molecule has 0 bridgehead atoms. The molecule has 0 fully saturated rings. The van der Waals surface area contributed by atoms with Crippen LogP contribution in [-0.2, 0) is 7.05 Å². The Morgan fingerprint density at radius 3 is 3.00 bits per heavy atom. The van der Waals surface area contributed by atoms with Gasteiger partial charge in [0, 0.05) is 18.6 Å². The maximum atomic E-state index is 11.9. The van der Waals surface area contributed by atoms with Crippen LogP contribution in [0.4, 0.5) is 5.13 Å². The lowest BCUT2D eigenvalue weighted by Gasteiger charge is -2.01. The molecule has 1 amide bonds. The molecule has 2 heterocycles. The Kier molecular flexibility index (Phi) is 3.38. The number of aromatic nitrogens is 3. The molecule has 0 saturated heterocycles. The number of rotatable bonds is 3. The van der Waals surface area contributed by atoms with E-state index in [2.05, 4.69) is 20.6 Å². The molecule has 0 aromatic carbocycles. The number of oxime groups is 1. The van der Waals surface area contributed by atoms with Gasteiger partial charge in [-0.05, 0) is 13.0 Å². The van der Waals surface area contributed by atoms with Crippen LogP contribution in [0.25, 0.3) is 0 Å². The van der Waals surface area contributed by atoms with Gasteiger partial charge >= 0.3 is 0 Å². The molecule has 0 aliphatic rings. The van der Waals surface area contributed by atoms with E-state index in [9.17, 15) is 4.79 Å². The molecule has 0 spiro atoms. The molecule has 0 unspecified atom stereocenters. The molecule has 0 saturated carbocycles. The maximum absolute atomic E-state index is 11.9. The summed E-state index contributed by atoms with van der Waals surface area (Å²) in [6.07, 6.45) is 1.55. The highest BCUT2D eigenvalue weighted by atomic mass is 32.1. The number of hydrogen-bond donors (Lipinski definition) is 2. The van der Waals surface area contributed by atoms with Gasteiger partial charge in [0.2, 0.25) is 0 Å². The molecule has 2 N–H and O–H groups in total. The Morgan fingerprint density at radius 1 is 1.61 bits per heavy atom. The summed E-state index contributed by atoms with van der Waals surface area (Å²) in [5.74, 6) is -0.283. The van der Waals surface area contributed by atoms with Crippen molar-refractivity contribution >= 4 is 28.1 Å². The first-order valence-electron chi connectivity index (χ1n) is 5.05. The standard InChI is InChI=1S/C10H11N5O2S/c1-6(14-17)7-5-18-10(12-7)13-9(16)8-3-4-11-15(8)2/h3-5,17H,1-2H3,(H,12,13,16). The highest BCUT2D eigenvalue weighted by molar-refractivity contribution is 7.14. The molecule has 8 heteroatoms. The lowest BCUT2D eigenvalue weighted by molar-refractivity contribution is 0.101. The van der Waals surface area contributed by atoms with Crippen molar-refractivity contribution in [3.8, 4) is 0 Å². The summed E-state index contributed by atoms with van der Waals surface area (Å²) in [4.78, 5) is 16.0. The zero-order valence-electron chi connectivity index (χ0n) is 9.78. The van der Waals surface area contributed by atoms with Crippen molar-refractivity contribution in [1.29, 1.82) is 0 Å². The van der Waals surface area contributed by atoms with Crippen LogP contribution < -0.4 is 5.32 Å². The van der Waals surface area contributed by atoms with Crippen LogP contribution in [-0.4, -0.2) is 31.6 Å². The molecule has 2 aromatic heterocycles. The average molecular weight is 265 g/mol. The minimum atomic E-state index is -0.283. The van der Waals surface area contributed by atoms with Gasteiger partial charge in [-0.3, -0.25) is 14.8 Å². The molecule has 18 heavy (non-hydrogen) atoms. The summed E-state index contributed by atoms with van der Waals surface area (Å²) in [7, 11) is 1.69. The molecule has 2 aromatic rings. The fourth-order valence-corrected chi connectivity index (χ4v) is 2.06. The van der Waals surface area contributed by atoms with Crippen LogP contribution in [0.15, 0.2) is 22.8 Å². The Balaban J connectivity index is 2.13. The predicted octanol–water partition coefficient (Wildman–Crippen LogP) is 1.33. The third kappa shape index (κ3) is 2.38. The summed E-state index contributed by atoms with van der Waals surface area (Å²) in [5, 5.41) is 20.4. The van der Waals surface area contributed by atoms with E-state index >= 15 is 0 Å². The van der Waals surface area contributed by atoms with Gasteiger partial charge < -0.3 is 5.21 Å². The number of amides is 1. The number of nitrogens with one attached hydrogen (secondary N) is 1. The van der Waals surface area contributed by atoms with Crippen molar-refractivity contribution in [2.75, 3.05) is 5.32 Å². The predicted molar refractivity (Wildman–Crippen MR) is 67.3 cm³/mol. The van der Waals surface area contributed by atoms with Gasteiger partial charge in [-0.2, -0.15) is 5.10 Å². The molecular formula is C10H11N5O2S. The first-order chi connectivity index (χ1) is 8.61. The van der Waals surface area contributed by atoms with Crippen molar-refractivity contribution in [1.82, 2.24) is 14.8 Å². The zero-order valence-corrected chi connectivity index (χ0v) is 10.6. The van der Waals surface area contributed by atoms with Gasteiger partial charge in [0.05, 0.1) is 0 Å². The first-order valence-corrected chi connectivity index (χ1v) is 5.93. The number of hydrogen-bond acceptors (Lipinski definition) is 6. The second-order valence-electron chi connectivity index (χ2n) is 3.52. The van der Waals surface area contributed by atoms with Crippen molar-refractivity contribution in [3.63, 3.8) is 0 Å². The fourth-order valence-electron chi connectivity index (χ4n) is 1.31. The quantitative estimate of drug-likeness (QED) is 0.497. The van der Waals surface area contributed by atoms with Crippen molar-refractivity contribution in [2.45, 2.75) is 6.92 Å². The largest absolute Gasteiger partial charge is 0.411 e. The van der Waals surface area contributed by atoms with Crippen LogP contribution in [0, 0.1) is 0 Å². The van der Waals surface area contributed by atoms with Crippen LogP contribution in [0.3, 0.4) is 0 Å². The fraction of sp³-hybridized carbons (Fsp3) is 0.200. The number of anilines is 1. The lowest BCUT2D eigenvalue weighted by atomic mass is 10.3. The third-order valence-corrected chi connectivity index (χ3v) is 3.06. The Hall–Kier alpha value is -2.22. The number of thiazole rings is 1. The molecule has 94 valence electrons. The summed E-state index contributed by atoms with van der Waals surface area (Å²) in [6.45, 7) is 1.63. The van der Waals surface area contributed by atoms with Gasteiger partial charge in [-0.15, -0.1) is 11.3 Å². The van der Waals surface area contributed by atoms with E-state index in [-0.39, 0.29) is 5.91 Å². The van der Waals surface area contributed by atoms with Gasteiger partial charge in [0.15, 0.2) is 5.13 Å². The number of carbonyl (C=O) groups is 1. The summed E-state index contributed by atoms with van der Waals surface area (Å²) < 4.78 is 1.48. The smallest absolute Gasteiger partial charge is 0.275 e. The van der Waals surface area contributed by atoms with E-state index in [0.717, 1.165) is 0 Å². The van der Waals surface area contributed by atoms with Gasteiger partial charge in [-0.1, -0.05) is 5.16 Å². The molecular weight excluding hydrogens is 254 g/mol. The van der Waals surface area contributed by atoms with E-state index in [1.54, 1.807) is 31.6 Å². The highest BCUT2D eigenvalue weighted by Gasteiger charge is 2.12. The summed E-state index contributed by atoms with van der Waals surface area (Å²) in [6, 6.07) is 1.62. The molecule has 7 nitrogen and oxygen atoms in total. The van der Waals surface area contributed by atoms with E-state index in [4.69, 9.17) is 5.21 Å². The van der Waals surface area contributed by atoms with Crippen LogP contribution >= 0.6 is 11.3 Å². The minimum Gasteiger partial charge on any atom is -0.411 e. The second-order valence-corrected chi connectivity index (χ2v) is 4.38. The Morgan fingerprint density at radius 2 is 2.39 bits per heavy atom. The highest BCUT2D eigenvalue weighted by Crippen LogP contribution is 2.16. The number of carbonyl (C=O) groups excluding carboxylic acids is 1. The SMILES string of the molecule is CC(=NO)c1csc(NC(=O)c2ccnn2C)n1. The van der Waals surface area contributed by atoms with E-state index < -0.39 is 0 Å². The van der Waals surface area contributed by atoms with E-state index in [1.807, 2.05) is 0 Å². The van der Waals surface area contributed by atoms with E-state index in [1.165, 1.54) is 16.0 Å². The number of aryl methyl sites for hydroxylation is 1. The first kappa shape index (κ1) is 12.2. The Labute approximate surface area is 107 Å². The normalized spacial score (nSPS) is 11.6. The second kappa shape index (κ2) is 4.96. The van der Waals surface area contributed by atoms with Gasteiger partial charge in [0.25, 0.3) is 5.91 Å². The maximum Gasteiger partial charge on any atom is 0.275 e. The number of nitrogens with zero attached hydrogens (tertiary/aromatic N) is 4.